The molecule has 23 heavy (non-hydrogen) atoms. The van der Waals surface area contributed by atoms with Gasteiger partial charge in [-0.3, -0.25) is 25.5 Å². The van der Waals surface area contributed by atoms with E-state index in [1.54, 1.807) is 32.6 Å². The van der Waals surface area contributed by atoms with Gasteiger partial charge in [0.2, 0.25) is 5.91 Å². The van der Waals surface area contributed by atoms with Crippen molar-refractivity contribution in [1.29, 1.82) is 0 Å². The van der Waals surface area contributed by atoms with Gasteiger partial charge in [0.25, 0.3) is 0 Å². The van der Waals surface area contributed by atoms with E-state index in [4.69, 9.17) is 15.8 Å². The molecule has 3 atom stereocenters. The molecule has 0 aliphatic heterocycles. The van der Waals surface area contributed by atoms with Gasteiger partial charge in [-0.1, -0.05) is 6.92 Å². The third kappa shape index (κ3) is 9.82. The van der Waals surface area contributed by atoms with Gasteiger partial charge in [-0.05, 0) is 20.8 Å². The molecule has 9 nitrogen and oxygen atoms in total. The van der Waals surface area contributed by atoms with E-state index < -0.39 is 18.3 Å². The Bertz CT molecular complexity index is 308. The van der Waals surface area contributed by atoms with Gasteiger partial charge in [0, 0.05) is 39.1 Å². The summed E-state index contributed by atoms with van der Waals surface area (Å²) in [6.07, 6.45) is -0.977. The number of rotatable bonds is 13. The molecule has 0 bridgehead atoms. The van der Waals surface area contributed by atoms with Crippen LogP contribution in [0.1, 0.15) is 34.1 Å². The SMILES string of the molecule is CCC(=O)N(CCN(CC(C)OO)CC(C)OO)CC(C)OO. The molecular weight excluding hydrogens is 308 g/mol. The highest BCUT2D eigenvalue weighted by molar-refractivity contribution is 5.75. The molecule has 0 aromatic rings. The van der Waals surface area contributed by atoms with Crippen LogP contribution in [0.3, 0.4) is 0 Å². The summed E-state index contributed by atoms with van der Waals surface area (Å²) >= 11 is 0. The number of nitrogens with zero attached hydrogens (tertiary/aromatic N) is 2. The van der Waals surface area contributed by atoms with Crippen LogP contribution < -0.4 is 0 Å². The maximum atomic E-state index is 12.0. The molecular formula is C14H30N2O7. The Kier molecular flexibility index (Phi) is 12.1. The largest absolute Gasteiger partial charge is 0.339 e. The molecule has 0 saturated heterocycles. The number of hydrogen-bond acceptors (Lipinski definition) is 8. The molecule has 0 aromatic heterocycles. The predicted molar refractivity (Wildman–Crippen MR) is 82.8 cm³/mol. The molecule has 0 saturated carbocycles. The highest BCUT2D eigenvalue weighted by Gasteiger charge is 2.19. The van der Waals surface area contributed by atoms with Crippen LogP contribution in [-0.2, 0) is 19.5 Å². The molecule has 0 radical (unpaired) electrons. The van der Waals surface area contributed by atoms with Gasteiger partial charge in [-0.25, -0.2) is 14.7 Å². The van der Waals surface area contributed by atoms with Gasteiger partial charge in [-0.15, -0.1) is 0 Å². The van der Waals surface area contributed by atoms with Gasteiger partial charge in [0.15, 0.2) is 0 Å². The van der Waals surface area contributed by atoms with Gasteiger partial charge < -0.3 is 4.90 Å². The van der Waals surface area contributed by atoms with Gasteiger partial charge >= 0.3 is 0 Å². The fourth-order valence-electron chi connectivity index (χ4n) is 2.20. The van der Waals surface area contributed by atoms with Crippen molar-refractivity contribution in [2.24, 2.45) is 0 Å². The summed E-state index contributed by atoms with van der Waals surface area (Å²) in [5.74, 6) is -0.0493. The van der Waals surface area contributed by atoms with Crippen LogP contribution in [0.2, 0.25) is 0 Å². The van der Waals surface area contributed by atoms with E-state index in [0.717, 1.165) is 0 Å². The van der Waals surface area contributed by atoms with Crippen molar-refractivity contribution >= 4 is 5.91 Å². The fourth-order valence-corrected chi connectivity index (χ4v) is 2.20. The lowest BCUT2D eigenvalue weighted by Crippen LogP contribution is -2.45. The Morgan fingerprint density at radius 2 is 1.30 bits per heavy atom. The zero-order valence-corrected chi connectivity index (χ0v) is 14.3. The van der Waals surface area contributed by atoms with Gasteiger partial charge in [-0.2, -0.15) is 0 Å². The molecule has 0 spiro atoms. The minimum atomic E-state index is -0.488. The molecule has 0 fully saturated rings. The first-order valence-corrected chi connectivity index (χ1v) is 7.78. The minimum Gasteiger partial charge on any atom is -0.339 e. The fraction of sp³-hybridized carbons (Fsp3) is 0.929. The van der Waals surface area contributed by atoms with Crippen LogP contribution in [-0.4, -0.2) is 82.5 Å². The average molecular weight is 338 g/mol. The first-order chi connectivity index (χ1) is 10.9. The normalized spacial score (nSPS) is 15.5. The smallest absolute Gasteiger partial charge is 0.222 e. The van der Waals surface area contributed by atoms with E-state index in [1.165, 1.54) is 0 Å². The van der Waals surface area contributed by atoms with Crippen molar-refractivity contribution in [2.45, 2.75) is 52.4 Å². The van der Waals surface area contributed by atoms with Gasteiger partial charge in [0.05, 0.1) is 0 Å². The Morgan fingerprint density at radius 1 is 0.870 bits per heavy atom. The van der Waals surface area contributed by atoms with Crippen LogP contribution in [0.5, 0.6) is 0 Å². The van der Waals surface area contributed by atoms with Crippen molar-refractivity contribution in [3.63, 3.8) is 0 Å². The molecule has 0 aliphatic carbocycles. The van der Waals surface area contributed by atoms with E-state index in [0.29, 0.717) is 32.6 Å². The summed E-state index contributed by atoms with van der Waals surface area (Å²) in [5.41, 5.74) is 0. The maximum absolute atomic E-state index is 12.0. The summed E-state index contributed by atoms with van der Waals surface area (Å²) in [6, 6.07) is 0. The van der Waals surface area contributed by atoms with Crippen LogP contribution in [0.15, 0.2) is 0 Å². The van der Waals surface area contributed by atoms with E-state index in [-0.39, 0.29) is 12.5 Å². The highest BCUT2D eigenvalue weighted by atomic mass is 17.1. The standard InChI is InChI=1S/C14H30N2O7/c1-5-14(17)16(10-13(4)23-20)7-6-15(8-11(2)21-18)9-12(3)22-19/h11-13,18-20H,5-10H2,1-4H3. The molecule has 0 aromatic carbocycles. The monoisotopic (exact) mass is 338 g/mol. The van der Waals surface area contributed by atoms with Crippen LogP contribution >= 0.6 is 0 Å². The van der Waals surface area contributed by atoms with Crippen LogP contribution in [0.4, 0.5) is 0 Å². The van der Waals surface area contributed by atoms with E-state index in [9.17, 15) is 4.79 Å². The number of carbonyl (C=O) groups excluding carboxylic acids is 1. The van der Waals surface area contributed by atoms with Crippen molar-refractivity contribution in [1.82, 2.24) is 9.80 Å². The third-order valence-electron chi connectivity index (χ3n) is 3.39. The predicted octanol–water partition coefficient (Wildman–Crippen LogP) is 1.16. The zero-order valence-electron chi connectivity index (χ0n) is 14.3. The minimum absolute atomic E-state index is 0.0493. The van der Waals surface area contributed by atoms with Crippen molar-refractivity contribution < 1.29 is 35.2 Å². The molecule has 0 heterocycles. The van der Waals surface area contributed by atoms with Crippen molar-refractivity contribution in [3.05, 3.63) is 0 Å². The maximum Gasteiger partial charge on any atom is 0.222 e. The van der Waals surface area contributed by atoms with Crippen molar-refractivity contribution in [2.75, 3.05) is 32.7 Å². The zero-order chi connectivity index (χ0) is 17.8. The topological polar surface area (TPSA) is 112 Å². The highest BCUT2D eigenvalue weighted by Crippen LogP contribution is 2.04. The van der Waals surface area contributed by atoms with E-state index in [2.05, 4.69) is 14.7 Å². The molecule has 0 rings (SSSR count). The second-order valence-corrected chi connectivity index (χ2v) is 5.70. The summed E-state index contributed by atoms with van der Waals surface area (Å²) in [6.45, 7) is 8.83. The lowest BCUT2D eigenvalue weighted by molar-refractivity contribution is -0.286. The van der Waals surface area contributed by atoms with E-state index in [1.807, 2.05) is 4.90 Å². The Morgan fingerprint density at radius 3 is 1.70 bits per heavy atom. The summed E-state index contributed by atoms with van der Waals surface area (Å²) in [5, 5.41) is 26.1. The van der Waals surface area contributed by atoms with E-state index >= 15 is 0 Å². The first kappa shape index (κ1) is 22.2. The Labute approximate surface area is 137 Å². The lowest BCUT2D eigenvalue weighted by Gasteiger charge is -2.30. The summed E-state index contributed by atoms with van der Waals surface area (Å²) < 4.78 is 0. The molecule has 1 amide bonds. The third-order valence-corrected chi connectivity index (χ3v) is 3.39. The first-order valence-electron chi connectivity index (χ1n) is 7.78. The molecule has 3 unspecified atom stereocenters. The quantitative estimate of drug-likeness (QED) is 0.339. The summed E-state index contributed by atoms with van der Waals surface area (Å²) in [4.78, 5) is 28.3. The van der Waals surface area contributed by atoms with Crippen LogP contribution in [0.25, 0.3) is 0 Å². The number of carbonyl (C=O) groups is 1. The van der Waals surface area contributed by atoms with Gasteiger partial charge in [0.1, 0.15) is 18.3 Å². The lowest BCUT2D eigenvalue weighted by atomic mass is 10.2. The second-order valence-electron chi connectivity index (χ2n) is 5.70. The second kappa shape index (κ2) is 12.6. The Hall–Kier alpha value is -0.810. The molecule has 0 aliphatic rings. The number of amides is 1. The number of hydrogen-bond donors (Lipinski definition) is 3. The average Bonchev–Trinajstić information content (AvgIpc) is 2.56. The molecule has 9 heteroatoms. The Balaban J connectivity index is 4.68. The van der Waals surface area contributed by atoms with Crippen molar-refractivity contribution in [3.8, 4) is 0 Å². The molecule has 138 valence electrons. The molecule has 3 N–H and O–H groups in total. The summed E-state index contributed by atoms with van der Waals surface area (Å²) in [7, 11) is 0. The van der Waals surface area contributed by atoms with Crippen LogP contribution in [0, 0.1) is 0 Å².